The van der Waals surface area contributed by atoms with Crippen molar-refractivity contribution in [3.05, 3.63) is 59.4 Å². The van der Waals surface area contributed by atoms with E-state index in [0.29, 0.717) is 6.04 Å². The van der Waals surface area contributed by atoms with E-state index < -0.39 is 6.10 Å². The summed E-state index contributed by atoms with van der Waals surface area (Å²) in [5, 5.41) is 10.7. The molecule has 4 rings (SSSR count). The topological polar surface area (TPSA) is 39.6 Å². The molecule has 0 spiro atoms. The monoisotopic (exact) mass is 337 g/mol. The first-order valence-corrected chi connectivity index (χ1v) is 9.46. The second-order valence-electron chi connectivity index (χ2n) is 7.18. The van der Waals surface area contributed by atoms with Crippen LogP contribution in [0.5, 0.6) is 0 Å². The number of hydrogen-bond acceptors (Lipinski definition) is 4. The Morgan fingerprint density at radius 1 is 1.08 bits per heavy atom. The predicted octanol–water partition coefficient (Wildman–Crippen LogP) is 3.01. The Hall–Kier alpha value is -1.91. The number of aliphatic hydroxyl groups excluding tert-OH is 1. The molecule has 4 nitrogen and oxygen atoms in total. The lowest BCUT2D eigenvalue weighted by atomic mass is 9.99. The minimum atomic E-state index is -0.585. The van der Waals surface area contributed by atoms with Crippen LogP contribution in [0.1, 0.15) is 42.6 Å². The smallest absolute Gasteiger partial charge is 0.104 e. The van der Waals surface area contributed by atoms with Crippen molar-refractivity contribution in [3.8, 4) is 0 Å². The van der Waals surface area contributed by atoms with Crippen molar-refractivity contribution in [2.75, 3.05) is 31.1 Å². The van der Waals surface area contributed by atoms with Crippen molar-refractivity contribution in [2.24, 2.45) is 0 Å². The number of aliphatic hydroxyl groups is 1. The Labute approximate surface area is 150 Å². The fourth-order valence-electron chi connectivity index (χ4n) is 4.26. The Balaban J connectivity index is 1.55. The summed E-state index contributed by atoms with van der Waals surface area (Å²) < 4.78 is 0. The first kappa shape index (κ1) is 16.6. The number of pyridine rings is 1. The average Bonchev–Trinajstić information content (AvgIpc) is 3.11. The van der Waals surface area contributed by atoms with Gasteiger partial charge in [-0.2, -0.15) is 0 Å². The third-order valence-electron chi connectivity index (χ3n) is 5.82. The zero-order chi connectivity index (χ0) is 17.2. The maximum absolute atomic E-state index is 10.7. The predicted molar refractivity (Wildman–Crippen MR) is 101 cm³/mol. The fourth-order valence-corrected chi connectivity index (χ4v) is 4.26. The molecule has 25 heavy (non-hydrogen) atoms. The highest BCUT2D eigenvalue weighted by molar-refractivity contribution is 5.61. The number of nitrogens with zero attached hydrogens (tertiary/aromatic N) is 3. The molecular formula is C21H27N3O. The Morgan fingerprint density at radius 3 is 2.56 bits per heavy atom. The minimum absolute atomic E-state index is 0.585. The molecule has 132 valence electrons. The summed E-state index contributed by atoms with van der Waals surface area (Å²) in [6, 6.07) is 10.9. The normalized spacial score (nSPS) is 19.8. The van der Waals surface area contributed by atoms with Crippen LogP contribution in [0.3, 0.4) is 0 Å². The molecule has 1 atom stereocenters. The van der Waals surface area contributed by atoms with Gasteiger partial charge in [-0.25, -0.2) is 0 Å². The molecule has 0 bridgehead atoms. The summed E-state index contributed by atoms with van der Waals surface area (Å²) in [7, 11) is 0. The summed E-state index contributed by atoms with van der Waals surface area (Å²) in [5.41, 5.74) is 4.63. The van der Waals surface area contributed by atoms with Gasteiger partial charge in [0, 0.05) is 43.8 Å². The average molecular weight is 337 g/mol. The molecule has 1 fully saturated rings. The van der Waals surface area contributed by atoms with Gasteiger partial charge in [-0.05, 0) is 60.7 Å². The van der Waals surface area contributed by atoms with Crippen LogP contribution in [-0.2, 0) is 6.42 Å². The Morgan fingerprint density at radius 2 is 1.84 bits per heavy atom. The van der Waals surface area contributed by atoms with Gasteiger partial charge in [-0.1, -0.05) is 19.1 Å². The van der Waals surface area contributed by atoms with Gasteiger partial charge in [0.25, 0.3) is 0 Å². The van der Waals surface area contributed by atoms with E-state index >= 15 is 0 Å². The SMILES string of the molecule is CCN1CCC(N2CCc3ccc(C(O)c4ccncc4)cc32)CC1. The zero-order valence-corrected chi connectivity index (χ0v) is 14.9. The second kappa shape index (κ2) is 7.14. The molecule has 1 aromatic heterocycles. The van der Waals surface area contributed by atoms with Crippen LogP contribution in [-0.4, -0.2) is 47.2 Å². The molecule has 1 aromatic carbocycles. The summed E-state index contributed by atoms with van der Waals surface area (Å²) in [6.07, 6.45) is 6.49. The fraction of sp³-hybridized carbons (Fsp3) is 0.476. The van der Waals surface area contributed by atoms with E-state index in [-0.39, 0.29) is 0 Å². The van der Waals surface area contributed by atoms with Crippen molar-refractivity contribution >= 4 is 5.69 Å². The molecule has 1 unspecified atom stereocenters. The van der Waals surface area contributed by atoms with E-state index in [9.17, 15) is 5.11 Å². The molecule has 3 heterocycles. The number of likely N-dealkylation sites (tertiary alicyclic amines) is 1. The van der Waals surface area contributed by atoms with Crippen LogP contribution in [0.2, 0.25) is 0 Å². The van der Waals surface area contributed by atoms with Crippen molar-refractivity contribution in [2.45, 2.75) is 38.3 Å². The van der Waals surface area contributed by atoms with Gasteiger partial charge in [-0.15, -0.1) is 0 Å². The van der Waals surface area contributed by atoms with Crippen molar-refractivity contribution in [3.63, 3.8) is 0 Å². The van der Waals surface area contributed by atoms with E-state index in [1.54, 1.807) is 12.4 Å². The molecule has 0 aliphatic carbocycles. The number of anilines is 1. The first-order valence-electron chi connectivity index (χ1n) is 9.46. The van der Waals surface area contributed by atoms with Crippen LogP contribution in [0.25, 0.3) is 0 Å². The molecular weight excluding hydrogens is 310 g/mol. The van der Waals surface area contributed by atoms with Gasteiger partial charge in [0.1, 0.15) is 6.10 Å². The Bertz CT molecular complexity index is 710. The maximum Gasteiger partial charge on any atom is 0.104 e. The lowest BCUT2D eigenvalue weighted by molar-refractivity contribution is 0.218. The molecule has 1 N–H and O–H groups in total. The largest absolute Gasteiger partial charge is 0.384 e. The molecule has 2 aromatic rings. The van der Waals surface area contributed by atoms with Crippen LogP contribution in [0.4, 0.5) is 5.69 Å². The summed E-state index contributed by atoms with van der Waals surface area (Å²) in [6.45, 7) is 6.92. The standard InChI is InChI=1S/C21H27N3O/c1-2-23-12-8-19(9-13-23)24-14-7-16-3-4-18(15-20(16)24)21(25)17-5-10-22-11-6-17/h3-6,10-11,15,19,21,25H,2,7-9,12-14H2,1H3. The third-order valence-corrected chi connectivity index (χ3v) is 5.82. The van der Waals surface area contributed by atoms with E-state index in [0.717, 1.165) is 30.6 Å². The van der Waals surface area contributed by atoms with Crippen molar-refractivity contribution in [1.29, 1.82) is 0 Å². The van der Waals surface area contributed by atoms with Crippen molar-refractivity contribution in [1.82, 2.24) is 9.88 Å². The van der Waals surface area contributed by atoms with Crippen LogP contribution < -0.4 is 4.90 Å². The number of benzene rings is 1. The molecule has 4 heteroatoms. The van der Waals surface area contributed by atoms with E-state index in [1.165, 1.54) is 37.2 Å². The molecule has 2 aliphatic rings. The van der Waals surface area contributed by atoms with Gasteiger partial charge >= 0.3 is 0 Å². The Kier molecular flexibility index (Phi) is 4.73. The highest BCUT2D eigenvalue weighted by atomic mass is 16.3. The lowest BCUT2D eigenvalue weighted by Gasteiger charge is -2.37. The number of piperidine rings is 1. The van der Waals surface area contributed by atoms with E-state index in [2.05, 4.69) is 39.9 Å². The van der Waals surface area contributed by atoms with Crippen molar-refractivity contribution < 1.29 is 5.11 Å². The summed E-state index contributed by atoms with van der Waals surface area (Å²) in [4.78, 5) is 9.17. The molecule has 1 saturated heterocycles. The number of rotatable bonds is 4. The number of hydrogen-bond donors (Lipinski definition) is 1. The zero-order valence-electron chi connectivity index (χ0n) is 14.9. The van der Waals surface area contributed by atoms with E-state index in [4.69, 9.17) is 0 Å². The van der Waals surface area contributed by atoms with Gasteiger partial charge in [0.05, 0.1) is 0 Å². The molecule has 0 radical (unpaired) electrons. The van der Waals surface area contributed by atoms with E-state index in [1.807, 2.05) is 12.1 Å². The van der Waals surface area contributed by atoms with Gasteiger partial charge in [-0.3, -0.25) is 4.98 Å². The molecule has 0 saturated carbocycles. The van der Waals surface area contributed by atoms with Crippen LogP contribution in [0.15, 0.2) is 42.7 Å². The number of fused-ring (bicyclic) bond motifs is 1. The summed E-state index contributed by atoms with van der Waals surface area (Å²) >= 11 is 0. The first-order chi connectivity index (χ1) is 12.3. The highest BCUT2D eigenvalue weighted by Gasteiger charge is 2.29. The van der Waals surface area contributed by atoms with Crippen LogP contribution in [0, 0.1) is 0 Å². The lowest BCUT2D eigenvalue weighted by Crippen LogP contribution is -2.44. The van der Waals surface area contributed by atoms with Gasteiger partial charge in [0.15, 0.2) is 0 Å². The third kappa shape index (κ3) is 3.29. The summed E-state index contributed by atoms with van der Waals surface area (Å²) in [5.74, 6) is 0. The number of aromatic nitrogens is 1. The molecule has 2 aliphatic heterocycles. The second-order valence-corrected chi connectivity index (χ2v) is 7.18. The highest BCUT2D eigenvalue weighted by Crippen LogP contribution is 2.35. The quantitative estimate of drug-likeness (QED) is 0.931. The van der Waals surface area contributed by atoms with Gasteiger partial charge < -0.3 is 14.9 Å². The maximum atomic E-state index is 10.7. The minimum Gasteiger partial charge on any atom is -0.384 e. The van der Waals surface area contributed by atoms with Crippen LogP contribution >= 0.6 is 0 Å². The molecule has 0 amide bonds. The van der Waals surface area contributed by atoms with Gasteiger partial charge in [0.2, 0.25) is 0 Å².